The van der Waals surface area contributed by atoms with Crippen molar-refractivity contribution < 1.29 is 17.6 Å². The highest BCUT2D eigenvalue weighted by Crippen LogP contribution is 2.35. The van der Waals surface area contributed by atoms with Crippen molar-refractivity contribution in [2.75, 3.05) is 17.8 Å². The molecule has 4 rings (SSSR count). The van der Waals surface area contributed by atoms with E-state index in [0.29, 0.717) is 27.5 Å². The summed E-state index contributed by atoms with van der Waals surface area (Å²) in [7, 11) is -3.91. The van der Waals surface area contributed by atoms with Crippen LogP contribution in [0.15, 0.2) is 88.8 Å². The van der Waals surface area contributed by atoms with Gasteiger partial charge >= 0.3 is 0 Å². The second-order valence-electron chi connectivity index (χ2n) is 7.66. The van der Waals surface area contributed by atoms with Crippen LogP contribution in [0.2, 0.25) is 5.02 Å². The number of anilines is 1. The van der Waals surface area contributed by atoms with Crippen molar-refractivity contribution in [3.63, 3.8) is 0 Å². The molecule has 5 nitrogen and oxygen atoms in total. The molecule has 1 aromatic heterocycles. The van der Waals surface area contributed by atoms with E-state index in [-0.39, 0.29) is 11.1 Å². The summed E-state index contributed by atoms with van der Waals surface area (Å²) in [6.45, 7) is 0. The van der Waals surface area contributed by atoms with Crippen molar-refractivity contribution in [2.45, 2.75) is 9.79 Å². The number of benzene rings is 3. The van der Waals surface area contributed by atoms with Crippen molar-refractivity contribution in [3.8, 4) is 22.4 Å². The van der Waals surface area contributed by atoms with Gasteiger partial charge in [-0.15, -0.1) is 11.8 Å². The highest BCUT2D eigenvalue weighted by atomic mass is 35.5. The third-order valence-electron chi connectivity index (χ3n) is 5.26. The second-order valence-corrected chi connectivity index (χ2v) is 10.9. The van der Waals surface area contributed by atoms with E-state index in [9.17, 15) is 17.6 Å². The zero-order valence-corrected chi connectivity index (χ0v) is 21.1. The highest BCUT2D eigenvalue weighted by molar-refractivity contribution is 7.98. The number of thioether (sulfide) groups is 1. The summed E-state index contributed by atoms with van der Waals surface area (Å²) in [5, 5.41) is 3.32. The van der Waals surface area contributed by atoms with Crippen LogP contribution in [-0.2, 0) is 9.84 Å². The molecule has 1 amide bonds. The minimum absolute atomic E-state index is 0.124. The fourth-order valence-corrected chi connectivity index (χ4v) is 5.34. The number of halogens is 2. The average Bonchev–Trinajstić information content (AvgIpc) is 2.84. The number of amides is 1. The zero-order chi connectivity index (χ0) is 25.2. The van der Waals surface area contributed by atoms with Crippen molar-refractivity contribution in [1.82, 2.24) is 4.98 Å². The molecular formula is C26H20ClFN2O3S2. The second kappa shape index (κ2) is 10.2. The molecule has 0 spiro atoms. The first kappa shape index (κ1) is 24.9. The molecule has 9 heteroatoms. The van der Waals surface area contributed by atoms with Gasteiger partial charge in [-0.05, 0) is 66.4 Å². The summed E-state index contributed by atoms with van der Waals surface area (Å²) in [5.41, 5.74) is 2.41. The first-order valence-corrected chi connectivity index (χ1v) is 13.9. The van der Waals surface area contributed by atoms with Crippen LogP contribution in [-0.4, -0.2) is 31.8 Å². The summed E-state index contributed by atoms with van der Waals surface area (Å²) < 4.78 is 39.5. The van der Waals surface area contributed by atoms with E-state index >= 15 is 0 Å². The van der Waals surface area contributed by atoms with Gasteiger partial charge in [-0.3, -0.25) is 9.78 Å². The maximum absolute atomic E-state index is 14.6. The summed E-state index contributed by atoms with van der Waals surface area (Å²) in [6.07, 6.45) is 4.45. The minimum Gasteiger partial charge on any atom is -0.322 e. The van der Waals surface area contributed by atoms with Gasteiger partial charge < -0.3 is 5.32 Å². The fourth-order valence-electron chi connectivity index (χ4n) is 3.69. The Balaban J connectivity index is 1.79. The first-order chi connectivity index (χ1) is 16.7. The molecule has 0 saturated carbocycles. The van der Waals surface area contributed by atoms with Crippen LogP contribution < -0.4 is 5.32 Å². The third kappa shape index (κ3) is 5.40. The molecule has 178 valence electrons. The quantitative estimate of drug-likeness (QED) is 0.287. The lowest BCUT2D eigenvalue weighted by atomic mass is 9.98. The van der Waals surface area contributed by atoms with E-state index in [0.717, 1.165) is 17.2 Å². The Bertz CT molecular complexity index is 1530. The molecule has 0 aliphatic heterocycles. The van der Waals surface area contributed by atoms with Crippen LogP contribution in [0.4, 0.5) is 10.1 Å². The molecule has 1 N–H and O–H groups in total. The Morgan fingerprint density at radius 2 is 1.77 bits per heavy atom. The van der Waals surface area contributed by atoms with Crippen molar-refractivity contribution in [3.05, 3.63) is 95.4 Å². The average molecular weight is 527 g/mol. The standard InChI is InChI=1S/C26H20ClFN2O3S2/c1-34-17-10-11-19(20(15-17)18-6-5-7-23(28)25(18)35(2,32)33)26(31)30-16-9-12-22(27)21(14-16)24-8-3-4-13-29-24/h3-15H,1-2H3,(H,30,31). The number of nitrogens with one attached hydrogen (secondary N) is 1. The number of rotatable bonds is 6. The van der Waals surface area contributed by atoms with Gasteiger partial charge in [-0.2, -0.15) is 0 Å². The minimum atomic E-state index is -3.91. The van der Waals surface area contributed by atoms with Crippen LogP contribution in [0.3, 0.4) is 0 Å². The van der Waals surface area contributed by atoms with E-state index in [2.05, 4.69) is 10.3 Å². The Morgan fingerprint density at radius 1 is 0.971 bits per heavy atom. The summed E-state index contributed by atoms with van der Waals surface area (Å²) >= 11 is 7.77. The highest BCUT2D eigenvalue weighted by Gasteiger charge is 2.23. The topological polar surface area (TPSA) is 76.1 Å². The lowest BCUT2D eigenvalue weighted by molar-refractivity contribution is 0.102. The summed E-state index contributed by atoms with van der Waals surface area (Å²) in [6, 6.07) is 19.5. The van der Waals surface area contributed by atoms with Crippen molar-refractivity contribution >= 4 is 44.8 Å². The Hall–Kier alpha value is -3.20. The van der Waals surface area contributed by atoms with E-state index in [1.165, 1.54) is 23.9 Å². The SMILES string of the molecule is CSc1ccc(C(=O)Nc2ccc(Cl)c(-c3ccccn3)c2)c(-c2cccc(F)c2S(C)(=O)=O)c1. The normalized spacial score (nSPS) is 11.3. The van der Waals surface area contributed by atoms with Gasteiger partial charge in [0.1, 0.15) is 10.7 Å². The molecule has 0 fully saturated rings. The van der Waals surface area contributed by atoms with Crippen LogP contribution in [0, 0.1) is 5.82 Å². The molecule has 3 aromatic carbocycles. The van der Waals surface area contributed by atoms with Gasteiger partial charge in [-0.1, -0.05) is 29.8 Å². The van der Waals surface area contributed by atoms with Crippen LogP contribution in [0.25, 0.3) is 22.4 Å². The lowest BCUT2D eigenvalue weighted by Crippen LogP contribution is -2.14. The maximum Gasteiger partial charge on any atom is 0.256 e. The van der Waals surface area contributed by atoms with Gasteiger partial charge in [0.15, 0.2) is 9.84 Å². The maximum atomic E-state index is 14.6. The number of sulfone groups is 1. The van der Waals surface area contributed by atoms with Crippen molar-refractivity contribution in [2.24, 2.45) is 0 Å². The fraction of sp³-hybridized carbons (Fsp3) is 0.0769. The Kier molecular flexibility index (Phi) is 7.25. The van der Waals surface area contributed by atoms with Crippen LogP contribution in [0.5, 0.6) is 0 Å². The monoisotopic (exact) mass is 526 g/mol. The molecular weight excluding hydrogens is 507 g/mol. The van der Waals surface area contributed by atoms with Gasteiger partial charge in [0.05, 0.1) is 10.7 Å². The molecule has 0 saturated heterocycles. The number of aromatic nitrogens is 1. The number of hydrogen-bond donors (Lipinski definition) is 1. The Morgan fingerprint density at radius 3 is 2.46 bits per heavy atom. The molecule has 4 aromatic rings. The molecule has 0 bridgehead atoms. The first-order valence-electron chi connectivity index (χ1n) is 10.4. The number of carbonyl (C=O) groups excluding carboxylic acids is 1. The summed E-state index contributed by atoms with van der Waals surface area (Å²) in [4.78, 5) is 18.0. The van der Waals surface area contributed by atoms with Gasteiger partial charge in [0, 0.05) is 39.7 Å². The van der Waals surface area contributed by atoms with E-state index in [4.69, 9.17) is 11.6 Å². The third-order valence-corrected chi connectivity index (χ3v) is 7.48. The number of pyridine rings is 1. The molecule has 0 unspecified atom stereocenters. The zero-order valence-electron chi connectivity index (χ0n) is 18.7. The number of nitrogens with zero attached hydrogens (tertiary/aromatic N) is 1. The number of hydrogen-bond acceptors (Lipinski definition) is 5. The van der Waals surface area contributed by atoms with E-state index in [1.807, 2.05) is 18.4 Å². The van der Waals surface area contributed by atoms with Crippen LogP contribution in [0.1, 0.15) is 10.4 Å². The molecule has 0 radical (unpaired) electrons. The van der Waals surface area contributed by atoms with Crippen LogP contribution >= 0.6 is 23.4 Å². The largest absolute Gasteiger partial charge is 0.322 e. The summed E-state index contributed by atoms with van der Waals surface area (Å²) in [5.74, 6) is -1.35. The van der Waals surface area contributed by atoms with Gasteiger partial charge in [-0.25, -0.2) is 12.8 Å². The predicted octanol–water partition coefficient (Wildman–Crippen LogP) is 6.59. The smallest absolute Gasteiger partial charge is 0.256 e. The predicted molar refractivity (Wildman–Crippen MR) is 139 cm³/mol. The molecule has 0 atom stereocenters. The Labute approximate surface area is 212 Å². The molecule has 35 heavy (non-hydrogen) atoms. The van der Waals surface area contributed by atoms with Gasteiger partial charge in [0.25, 0.3) is 5.91 Å². The molecule has 1 heterocycles. The lowest BCUT2D eigenvalue weighted by Gasteiger charge is -2.15. The number of carbonyl (C=O) groups is 1. The van der Waals surface area contributed by atoms with Crippen molar-refractivity contribution in [1.29, 1.82) is 0 Å². The van der Waals surface area contributed by atoms with E-state index < -0.39 is 26.5 Å². The molecule has 0 aliphatic carbocycles. The van der Waals surface area contributed by atoms with E-state index in [1.54, 1.807) is 48.7 Å². The molecule has 0 aliphatic rings. The van der Waals surface area contributed by atoms with Gasteiger partial charge in [0.2, 0.25) is 0 Å².